The van der Waals surface area contributed by atoms with E-state index in [0.29, 0.717) is 37.8 Å². The molecule has 0 aliphatic rings. The fraction of sp³-hybridized carbons (Fsp3) is 0.450. The number of nitrogens with zero attached hydrogens (tertiary/aromatic N) is 2. The van der Waals surface area contributed by atoms with Gasteiger partial charge in [0.2, 0.25) is 5.91 Å². The summed E-state index contributed by atoms with van der Waals surface area (Å²) in [6, 6.07) is 8.85. The molecule has 2 rings (SSSR count). The van der Waals surface area contributed by atoms with Gasteiger partial charge >= 0.3 is 0 Å². The number of benzene rings is 1. The van der Waals surface area contributed by atoms with Crippen molar-refractivity contribution in [2.24, 2.45) is 0 Å². The molecule has 0 fully saturated rings. The van der Waals surface area contributed by atoms with Gasteiger partial charge in [-0.15, -0.1) is 0 Å². The van der Waals surface area contributed by atoms with E-state index in [2.05, 4.69) is 10.5 Å². The Hall–Kier alpha value is -2.91. The minimum Gasteiger partial charge on any atom is -0.497 e. The van der Waals surface area contributed by atoms with Gasteiger partial charge in [0.25, 0.3) is 5.91 Å². The molecule has 0 bridgehead atoms. The maximum Gasteiger partial charge on any atom is 0.276 e. The summed E-state index contributed by atoms with van der Waals surface area (Å²) in [4.78, 5) is 26.3. The highest BCUT2D eigenvalue weighted by Gasteiger charge is 2.21. The molecule has 9 nitrogen and oxygen atoms in total. The van der Waals surface area contributed by atoms with E-state index in [0.717, 1.165) is 5.56 Å². The van der Waals surface area contributed by atoms with Crippen molar-refractivity contribution in [2.45, 2.75) is 6.42 Å². The molecule has 2 amide bonds. The molecular formula is C20H27N3O6. The summed E-state index contributed by atoms with van der Waals surface area (Å²) in [5.74, 6) is 0.642. The van der Waals surface area contributed by atoms with E-state index in [1.807, 2.05) is 18.2 Å². The van der Waals surface area contributed by atoms with Crippen LogP contribution in [0.15, 0.2) is 34.9 Å². The summed E-state index contributed by atoms with van der Waals surface area (Å²) in [6.07, 6.45) is 0.166. The summed E-state index contributed by atoms with van der Waals surface area (Å²) in [5, 5.41) is 6.63. The van der Waals surface area contributed by atoms with Crippen LogP contribution in [0.2, 0.25) is 0 Å². The third-order valence-corrected chi connectivity index (χ3v) is 4.17. The number of rotatable bonds is 12. The standard InChI is InChI=1S/C20H27N3O6/c1-26-11-8-21-19(24)7-9-23(10-12-27-2)20(25)17-14-18(29-22-17)15-5-4-6-16(13-15)28-3/h4-6,13-14H,7-12H2,1-3H3,(H,21,24). The van der Waals surface area contributed by atoms with Gasteiger partial charge < -0.3 is 29.0 Å². The summed E-state index contributed by atoms with van der Waals surface area (Å²) in [6.45, 7) is 1.78. The fourth-order valence-corrected chi connectivity index (χ4v) is 2.58. The monoisotopic (exact) mass is 405 g/mol. The van der Waals surface area contributed by atoms with Crippen LogP contribution >= 0.6 is 0 Å². The van der Waals surface area contributed by atoms with E-state index in [1.54, 1.807) is 33.5 Å². The highest BCUT2D eigenvalue weighted by atomic mass is 16.5. The van der Waals surface area contributed by atoms with Gasteiger partial charge in [-0.1, -0.05) is 17.3 Å². The molecule has 0 unspecified atom stereocenters. The quantitative estimate of drug-likeness (QED) is 0.535. The van der Waals surface area contributed by atoms with Gasteiger partial charge in [-0.25, -0.2) is 0 Å². The lowest BCUT2D eigenvalue weighted by atomic mass is 10.1. The summed E-state index contributed by atoms with van der Waals surface area (Å²) < 4.78 is 20.5. The molecule has 158 valence electrons. The summed E-state index contributed by atoms with van der Waals surface area (Å²) >= 11 is 0. The molecule has 29 heavy (non-hydrogen) atoms. The zero-order chi connectivity index (χ0) is 21.1. The number of nitrogens with one attached hydrogen (secondary N) is 1. The molecule has 0 saturated heterocycles. The Balaban J connectivity index is 2.04. The van der Waals surface area contributed by atoms with Crippen LogP contribution in [-0.2, 0) is 14.3 Å². The Bertz CT molecular complexity index is 792. The van der Waals surface area contributed by atoms with Crippen molar-refractivity contribution < 1.29 is 28.3 Å². The molecular weight excluding hydrogens is 378 g/mol. The minimum atomic E-state index is -0.329. The maximum atomic E-state index is 12.9. The zero-order valence-electron chi connectivity index (χ0n) is 17.0. The van der Waals surface area contributed by atoms with Crippen LogP contribution in [-0.4, -0.2) is 76.0 Å². The molecule has 0 spiro atoms. The SMILES string of the molecule is COCCNC(=O)CCN(CCOC)C(=O)c1cc(-c2cccc(OC)c2)on1. The van der Waals surface area contributed by atoms with E-state index >= 15 is 0 Å². The van der Waals surface area contributed by atoms with Crippen LogP contribution in [0.25, 0.3) is 11.3 Å². The van der Waals surface area contributed by atoms with E-state index in [9.17, 15) is 9.59 Å². The summed E-state index contributed by atoms with van der Waals surface area (Å²) in [5.41, 5.74) is 0.913. The van der Waals surface area contributed by atoms with Crippen molar-refractivity contribution >= 4 is 11.8 Å². The highest BCUT2D eigenvalue weighted by molar-refractivity contribution is 5.93. The van der Waals surface area contributed by atoms with Gasteiger partial charge in [0.05, 0.1) is 20.3 Å². The zero-order valence-corrected chi connectivity index (χ0v) is 17.0. The normalized spacial score (nSPS) is 10.6. The Labute approximate surface area is 169 Å². The molecule has 0 aliphatic heterocycles. The Morgan fingerprint density at radius 3 is 2.62 bits per heavy atom. The van der Waals surface area contributed by atoms with Gasteiger partial charge in [-0.2, -0.15) is 0 Å². The number of carbonyl (C=O) groups excluding carboxylic acids is 2. The van der Waals surface area contributed by atoms with Crippen LogP contribution < -0.4 is 10.1 Å². The van der Waals surface area contributed by atoms with Crippen molar-refractivity contribution in [2.75, 3.05) is 54.2 Å². The lowest BCUT2D eigenvalue weighted by molar-refractivity contribution is -0.121. The van der Waals surface area contributed by atoms with E-state index in [-0.39, 0.29) is 30.5 Å². The molecule has 1 aromatic carbocycles. The van der Waals surface area contributed by atoms with Crippen molar-refractivity contribution in [3.63, 3.8) is 0 Å². The molecule has 1 aromatic heterocycles. The van der Waals surface area contributed by atoms with Crippen molar-refractivity contribution in [1.29, 1.82) is 0 Å². The smallest absolute Gasteiger partial charge is 0.276 e. The lowest BCUT2D eigenvalue weighted by Gasteiger charge is -2.21. The molecule has 0 saturated carbocycles. The summed E-state index contributed by atoms with van der Waals surface area (Å²) in [7, 11) is 4.69. The largest absolute Gasteiger partial charge is 0.497 e. The number of hydrogen-bond acceptors (Lipinski definition) is 7. The van der Waals surface area contributed by atoms with Gasteiger partial charge in [0.1, 0.15) is 5.75 Å². The topological polar surface area (TPSA) is 103 Å². The van der Waals surface area contributed by atoms with Crippen molar-refractivity contribution in [1.82, 2.24) is 15.4 Å². The van der Waals surface area contributed by atoms with Gasteiger partial charge in [-0.05, 0) is 12.1 Å². The molecule has 1 N–H and O–H groups in total. The second-order valence-electron chi connectivity index (χ2n) is 6.19. The molecule has 0 radical (unpaired) electrons. The minimum absolute atomic E-state index is 0.158. The molecule has 9 heteroatoms. The highest BCUT2D eigenvalue weighted by Crippen LogP contribution is 2.24. The van der Waals surface area contributed by atoms with Crippen LogP contribution in [0.5, 0.6) is 5.75 Å². The number of hydrogen-bond donors (Lipinski definition) is 1. The third kappa shape index (κ3) is 6.88. The first-order valence-electron chi connectivity index (χ1n) is 9.24. The Morgan fingerprint density at radius 2 is 1.90 bits per heavy atom. The number of ether oxygens (including phenoxy) is 3. The first-order valence-corrected chi connectivity index (χ1v) is 9.24. The van der Waals surface area contributed by atoms with Gasteiger partial charge in [0, 0.05) is 51.9 Å². The van der Waals surface area contributed by atoms with Crippen LogP contribution in [0, 0.1) is 0 Å². The maximum absolute atomic E-state index is 12.9. The molecule has 1 heterocycles. The fourth-order valence-electron chi connectivity index (χ4n) is 2.58. The van der Waals surface area contributed by atoms with Gasteiger partial charge in [0.15, 0.2) is 11.5 Å². The number of aromatic nitrogens is 1. The average Bonchev–Trinajstić information content (AvgIpc) is 3.24. The van der Waals surface area contributed by atoms with Crippen molar-refractivity contribution in [3.8, 4) is 17.1 Å². The average molecular weight is 405 g/mol. The van der Waals surface area contributed by atoms with E-state index < -0.39 is 0 Å². The second-order valence-corrected chi connectivity index (χ2v) is 6.19. The number of carbonyl (C=O) groups is 2. The predicted octanol–water partition coefficient (Wildman–Crippen LogP) is 1.59. The number of methoxy groups -OCH3 is 3. The number of amides is 2. The molecule has 2 aromatic rings. The van der Waals surface area contributed by atoms with E-state index in [4.69, 9.17) is 18.7 Å². The predicted molar refractivity (Wildman–Crippen MR) is 106 cm³/mol. The van der Waals surface area contributed by atoms with Crippen molar-refractivity contribution in [3.05, 3.63) is 36.0 Å². The van der Waals surface area contributed by atoms with Crippen LogP contribution in [0.1, 0.15) is 16.9 Å². The van der Waals surface area contributed by atoms with Gasteiger partial charge in [-0.3, -0.25) is 9.59 Å². The Kier molecular flexibility index (Phi) is 9.13. The first kappa shape index (κ1) is 22.4. The lowest BCUT2D eigenvalue weighted by Crippen LogP contribution is -2.38. The second kappa shape index (κ2) is 11.8. The Morgan fingerprint density at radius 1 is 1.10 bits per heavy atom. The molecule has 0 aliphatic carbocycles. The van der Waals surface area contributed by atoms with Crippen LogP contribution in [0.3, 0.4) is 0 Å². The third-order valence-electron chi connectivity index (χ3n) is 4.17. The van der Waals surface area contributed by atoms with E-state index in [1.165, 1.54) is 4.90 Å². The first-order chi connectivity index (χ1) is 14.1. The van der Waals surface area contributed by atoms with Crippen LogP contribution in [0.4, 0.5) is 0 Å². The molecule has 0 atom stereocenters.